The molecule has 0 unspecified atom stereocenters. The number of ether oxygens (including phenoxy) is 1. The van der Waals surface area contributed by atoms with Crippen LogP contribution in [0.25, 0.3) is 0 Å². The molecule has 0 fully saturated rings. The number of furan rings is 1. The molecule has 0 spiro atoms. The molecular formula is C9H10N2O5S. The Bertz CT molecular complexity index is 594. The molecule has 1 N–H and O–H groups in total. The average Bonchev–Trinajstić information content (AvgIpc) is 2.50. The number of anilines is 1. The lowest BCUT2D eigenvalue weighted by molar-refractivity contribution is 0.0598. The van der Waals surface area contributed by atoms with Gasteiger partial charge < -0.3 is 9.15 Å². The van der Waals surface area contributed by atoms with Crippen molar-refractivity contribution in [3.63, 3.8) is 0 Å². The third-order valence-corrected chi connectivity index (χ3v) is 2.42. The number of aryl methyl sites for hydroxylation is 1. The largest absolute Gasteiger partial charge is 0.465 e. The quantitative estimate of drug-likeness (QED) is 0.796. The molecule has 0 atom stereocenters. The molecule has 1 heterocycles. The minimum Gasteiger partial charge on any atom is -0.465 e. The summed E-state index contributed by atoms with van der Waals surface area (Å²) < 4.78 is 33.6. The van der Waals surface area contributed by atoms with Gasteiger partial charge in [-0.1, -0.05) is 0 Å². The van der Waals surface area contributed by atoms with Crippen molar-refractivity contribution in [1.82, 2.24) is 0 Å². The number of esters is 1. The van der Waals surface area contributed by atoms with Crippen molar-refractivity contribution in [2.24, 2.45) is 0 Å². The summed E-state index contributed by atoms with van der Waals surface area (Å²) in [5.74, 6) is -0.934. The van der Waals surface area contributed by atoms with Gasteiger partial charge in [-0.3, -0.25) is 4.72 Å². The maximum absolute atomic E-state index is 11.4. The van der Waals surface area contributed by atoms with Gasteiger partial charge in [0.25, 0.3) is 0 Å². The van der Waals surface area contributed by atoms with Crippen LogP contribution in [0.3, 0.4) is 0 Å². The zero-order valence-corrected chi connectivity index (χ0v) is 10.2. The number of methoxy groups -OCH3 is 1. The molecule has 0 bridgehead atoms. The van der Waals surface area contributed by atoms with E-state index >= 15 is 0 Å². The Kier molecular flexibility index (Phi) is 3.43. The van der Waals surface area contributed by atoms with Gasteiger partial charge >= 0.3 is 5.97 Å². The number of rotatable bonds is 3. The summed E-state index contributed by atoms with van der Waals surface area (Å²) in [6, 6.07) is 1.70. The van der Waals surface area contributed by atoms with Gasteiger partial charge in [-0.15, -0.1) is 0 Å². The Morgan fingerprint density at radius 2 is 2.12 bits per heavy atom. The zero-order chi connectivity index (χ0) is 13.2. The van der Waals surface area contributed by atoms with Gasteiger partial charge in [0.2, 0.25) is 15.9 Å². The highest BCUT2D eigenvalue weighted by molar-refractivity contribution is 7.92. The van der Waals surface area contributed by atoms with E-state index in [1.807, 2.05) is 4.72 Å². The third-order valence-electron chi connectivity index (χ3n) is 1.86. The van der Waals surface area contributed by atoms with E-state index in [4.69, 9.17) is 9.68 Å². The second-order valence-electron chi connectivity index (χ2n) is 3.21. The van der Waals surface area contributed by atoms with Crippen LogP contribution < -0.4 is 4.72 Å². The van der Waals surface area contributed by atoms with Crippen molar-refractivity contribution in [2.45, 2.75) is 6.92 Å². The second-order valence-corrected chi connectivity index (χ2v) is 4.96. The zero-order valence-electron chi connectivity index (χ0n) is 9.40. The molecular weight excluding hydrogens is 248 g/mol. The van der Waals surface area contributed by atoms with E-state index in [1.54, 1.807) is 6.07 Å². The van der Waals surface area contributed by atoms with E-state index in [-0.39, 0.29) is 22.8 Å². The minimum atomic E-state index is -3.59. The SMILES string of the molecule is COC(=O)c1c(C)oc(NS(C)(=O)=O)c1C#N. The molecule has 0 radical (unpaired) electrons. The fraction of sp³-hybridized carbons (Fsp3) is 0.333. The number of nitriles is 1. The summed E-state index contributed by atoms with van der Waals surface area (Å²) in [7, 11) is -2.44. The van der Waals surface area contributed by atoms with Crippen LogP contribution in [0.2, 0.25) is 0 Å². The first-order valence-electron chi connectivity index (χ1n) is 4.39. The lowest BCUT2D eigenvalue weighted by atomic mass is 10.1. The first kappa shape index (κ1) is 13.1. The molecule has 0 saturated heterocycles. The van der Waals surface area contributed by atoms with Crippen LogP contribution in [-0.2, 0) is 14.8 Å². The highest BCUT2D eigenvalue weighted by atomic mass is 32.2. The fourth-order valence-electron chi connectivity index (χ4n) is 1.24. The Morgan fingerprint density at radius 1 is 1.53 bits per heavy atom. The summed E-state index contributed by atoms with van der Waals surface area (Å²) in [5, 5.41) is 8.90. The molecule has 7 nitrogen and oxygen atoms in total. The molecule has 0 aliphatic carbocycles. The molecule has 1 rings (SSSR count). The number of nitrogens with zero attached hydrogens (tertiary/aromatic N) is 1. The van der Waals surface area contributed by atoms with Crippen molar-refractivity contribution in [3.05, 3.63) is 16.9 Å². The van der Waals surface area contributed by atoms with Gasteiger partial charge in [-0.2, -0.15) is 5.26 Å². The summed E-state index contributed by atoms with van der Waals surface area (Å²) in [5.41, 5.74) is -0.277. The van der Waals surface area contributed by atoms with Gasteiger partial charge in [-0.25, -0.2) is 13.2 Å². The van der Waals surface area contributed by atoms with Crippen molar-refractivity contribution in [2.75, 3.05) is 18.1 Å². The number of nitrogens with one attached hydrogen (secondary N) is 1. The lowest BCUT2D eigenvalue weighted by Crippen LogP contribution is -2.10. The number of hydrogen-bond donors (Lipinski definition) is 1. The van der Waals surface area contributed by atoms with Crippen LogP contribution in [0.1, 0.15) is 21.7 Å². The Morgan fingerprint density at radius 3 is 2.53 bits per heavy atom. The average molecular weight is 258 g/mol. The molecule has 0 saturated carbocycles. The van der Waals surface area contributed by atoms with Crippen LogP contribution in [0.15, 0.2) is 4.42 Å². The lowest BCUT2D eigenvalue weighted by Gasteiger charge is -1.99. The number of hydrogen-bond acceptors (Lipinski definition) is 6. The van der Waals surface area contributed by atoms with Gasteiger partial charge in [0, 0.05) is 0 Å². The molecule has 92 valence electrons. The van der Waals surface area contributed by atoms with E-state index in [0.717, 1.165) is 13.4 Å². The van der Waals surface area contributed by atoms with Crippen LogP contribution >= 0.6 is 0 Å². The summed E-state index contributed by atoms with van der Waals surface area (Å²) in [6.07, 6.45) is 0.907. The van der Waals surface area contributed by atoms with Gasteiger partial charge in [0.15, 0.2) is 0 Å². The summed E-state index contributed by atoms with van der Waals surface area (Å²) in [4.78, 5) is 11.4. The molecule has 1 aromatic rings. The molecule has 0 aliphatic heterocycles. The van der Waals surface area contributed by atoms with Gasteiger partial charge in [0.05, 0.1) is 13.4 Å². The molecule has 8 heteroatoms. The topological polar surface area (TPSA) is 109 Å². The molecule has 0 aliphatic rings. The highest BCUT2D eigenvalue weighted by Crippen LogP contribution is 2.27. The predicted molar refractivity (Wildman–Crippen MR) is 58.0 cm³/mol. The third kappa shape index (κ3) is 2.76. The summed E-state index contributed by atoms with van der Waals surface area (Å²) in [6.45, 7) is 1.43. The van der Waals surface area contributed by atoms with Crippen LogP contribution in [-0.4, -0.2) is 27.8 Å². The maximum Gasteiger partial charge on any atom is 0.342 e. The molecule has 0 amide bonds. The van der Waals surface area contributed by atoms with Gasteiger partial charge in [0.1, 0.15) is 23.0 Å². The van der Waals surface area contributed by atoms with E-state index in [9.17, 15) is 13.2 Å². The smallest absolute Gasteiger partial charge is 0.342 e. The van der Waals surface area contributed by atoms with Crippen molar-refractivity contribution in [3.8, 4) is 6.07 Å². The first-order valence-corrected chi connectivity index (χ1v) is 6.29. The standard InChI is InChI=1S/C9H10N2O5S/c1-5-7(9(12)15-2)6(4-10)8(16-5)11-17(3,13)14/h11H,1-3H3. The van der Waals surface area contributed by atoms with Crippen LogP contribution in [0.5, 0.6) is 0 Å². The van der Waals surface area contributed by atoms with Crippen molar-refractivity contribution in [1.29, 1.82) is 5.26 Å². The highest BCUT2D eigenvalue weighted by Gasteiger charge is 2.25. The number of sulfonamides is 1. The first-order chi connectivity index (χ1) is 7.80. The van der Waals surface area contributed by atoms with Crippen LogP contribution in [0, 0.1) is 18.3 Å². The van der Waals surface area contributed by atoms with E-state index in [1.165, 1.54) is 6.92 Å². The minimum absolute atomic E-state index is 0.0823. The number of carbonyl (C=O) groups is 1. The molecule has 0 aromatic carbocycles. The van der Waals surface area contributed by atoms with Crippen LogP contribution in [0.4, 0.5) is 5.88 Å². The second kappa shape index (κ2) is 4.47. The predicted octanol–water partition coefficient (Wildman–Crippen LogP) is 0.618. The maximum atomic E-state index is 11.4. The van der Waals surface area contributed by atoms with E-state index < -0.39 is 16.0 Å². The number of carbonyl (C=O) groups excluding carboxylic acids is 1. The Labute approximate surface area is 98.0 Å². The van der Waals surface area contributed by atoms with Crippen molar-refractivity contribution >= 4 is 21.9 Å². The van der Waals surface area contributed by atoms with Gasteiger partial charge in [-0.05, 0) is 6.92 Å². The molecule has 1 aromatic heterocycles. The van der Waals surface area contributed by atoms with E-state index in [2.05, 4.69) is 4.74 Å². The normalized spacial score (nSPS) is 10.7. The Hall–Kier alpha value is -2.01. The molecule has 17 heavy (non-hydrogen) atoms. The van der Waals surface area contributed by atoms with E-state index in [0.29, 0.717) is 0 Å². The Balaban J connectivity index is 3.37. The fourth-order valence-corrected chi connectivity index (χ4v) is 1.72. The monoisotopic (exact) mass is 258 g/mol. The van der Waals surface area contributed by atoms with Crippen molar-refractivity contribution < 1.29 is 22.4 Å². The summed E-state index contributed by atoms with van der Waals surface area (Å²) >= 11 is 0.